The SMILES string of the molecule is Cc1cc(NC(=O)CSCC(=O)N2CCC(C(C)N)CC2)no1.Cl. The van der Waals surface area contributed by atoms with Crippen molar-refractivity contribution in [2.45, 2.75) is 32.7 Å². The number of halogens is 1. The van der Waals surface area contributed by atoms with Crippen LogP contribution in [-0.4, -0.2) is 52.5 Å². The minimum atomic E-state index is -0.188. The number of aromatic nitrogens is 1. The Labute approximate surface area is 152 Å². The van der Waals surface area contributed by atoms with E-state index in [9.17, 15) is 9.59 Å². The van der Waals surface area contributed by atoms with Crippen LogP contribution in [0.2, 0.25) is 0 Å². The fraction of sp³-hybridized carbons (Fsp3) is 0.667. The maximum Gasteiger partial charge on any atom is 0.235 e. The quantitative estimate of drug-likeness (QED) is 0.782. The van der Waals surface area contributed by atoms with Gasteiger partial charge in [-0.05, 0) is 32.6 Å². The van der Waals surface area contributed by atoms with Crippen molar-refractivity contribution in [3.8, 4) is 0 Å². The van der Waals surface area contributed by atoms with Gasteiger partial charge < -0.3 is 20.5 Å². The molecule has 1 saturated heterocycles. The molecule has 0 bridgehead atoms. The van der Waals surface area contributed by atoms with E-state index in [1.54, 1.807) is 13.0 Å². The van der Waals surface area contributed by atoms with Gasteiger partial charge in [-0.15, -0.1) is 24.2 Å². The molecule has 0 radical (unpaired) electrons. The number of likely N-dealkylation sites (tertiary alicyclic amines) is 1. The van der Waals surface area contributed by atoms with Crippen LogP contribution in [0, 0.1) is 12.8 Å². The number of carbonyl (C=O) groups excluding carboxylic acids is 2. The molecule has 1 aliphatic heterocycles. The molecule has 1 atom stereocenters. The van der Waals surface area contributed by atoms with Crippen molar-refractivity contribution in [2.24, 2.45) is 11.7 Å². The first-order valence-corrected chi connectivity index (χ1v) is 8.95. The van der Waals surface area contributed by atoms with E-state index < -0.39 is 0 Å². The number of rotatable bonds is 6. The third kappa shape index (κ3) is 6.33. The molecule has 0 aliphatic carbocycles. The zero-order valence-electron chi connectivity index (χ0n) is 14.0. The number of nitrogens with two attached hydrogens (primary N) is 1. The van der Waals surface area contributed by atoms with Gasteiger partial charge in [0.15, 0.2) is 5.82 Å². The molecule has 1 aromatic heterocycles. The van der Waals surface area contributed by atoms with Crippen LogP contribution in [0.1, 0.15) is 25.5 Å². The van der Waals surface area contributed by atoms with Gasteiger partial charge >= 0.3 is 0 Å². The zero-order chi connectivity index (χ0) is 16.8. The van der Waals surface area contributed by atoms with E-state index in [1.165, 1.54) is 11.8 Å². The van der Waals surface area contributed by atoms with Gasteiger partial charge in [-0.2, -0.15) is 0 Å². The van der Waals surface area contributed by atoms with Gasteiger partial charge in [-0.25, -0.2) is 0 Å². The van der Waals surface area contributed by atoms with E-state index in [2.05, 4.69) is 10.5 Å². The fourth-order valence-electron chi connectivity index (χ4n) is 2.60. The highest BCUT2D eigenvalue weighted by Crippen LogP contribution is 2.20. The Bertz CT molecular complexity index is 545. The second-order valence-corrected chi connectivity index (χ2v) is 6.93. The first-order valence-electron chi connectivity index (χ1n) is 7.80. The highest BCUT2D eigenvalue weighted by molar-refractivity contribution is 8.00. The highest BCUT2D eigenvalue weighted by atomic mass is 35.5. The molecule has 1 fully saturated rings. The molecule has 136 valence electrons. The maximum absolute atomic E-state index is 12.1. The van der Waals surface area contributed by atoms with Crippen LogP contribution in [0.3, 0.4) is 0 Å². The molecule has 1 unspecified atom stereocenters. The molecule has 0 aromatic carbocycles. The van der Waals surface area contributed by atoms with Crippen LogP contribution >= 0.6 is 24.2 Å². The van der Waals surface area contributed by atoms with Crippen molar-refractivity contribution in [1.82, 2.24) is 10.1 Å². The van der Waals surface area contributed by atoms with Crippen LogP contribution in [0.15, 0.2) is 10.6 Å². The van der Waals surface area contributed by atoms with E-state index in [1.807, 2.05) is 11.8 Å². The van der Waals surface area contributed by atoms with Gasteiger partial charge in [0.2, 0.25) is 11.8 Å². The zero-order valence-corrected chi connectivity index (χ0v) is 15.6. The summed E-state index contributed by atoms with van der Waals surface area (Å²) in [4.78, 5) is 25.7. The first kappa shape index (κ1) is 20.8. The number of piperidine rings is 1. The lowest BCUT2D eigenvalue weighted by molar-refractivity contribution is -0.129. The molecule has 0 saturated carbocycles. The van der Waals surface area contributed by atoms with E-state index >= 15 is 0 Å². The normalized spacial score (nSPS) is 16.4. The molecule has 2 amide bonds. The molecule has 2 heterocycles. The lowest BCUT2D eigenvalue weighted by Gasteiger charge is -2.33. The summed E-state index contributed by atoms with van der Waals surface area (Å²) in [6.45, 7) is 5.30. The summed E-state index contributed by atoms with van der Waals surface area (Å²) in [5, 5.41) is 6.32. The molecule has 0 spiro atoms. The van der Waals surface area contributed by atoms with Gasteiger partial charge in [-0.3, -0.25) is 9.59 Å². The summed E-state index contributed by atoms with van der Waals surface area (Å²) in [7, 11) is 0. The third-order valence-corrected chi connectivity index (χ3v) is 4.91. The van der Waals surface area contributed by atoms with Crippen LogP contribution in [0.25, 0.3) is 0 Å². The summed E-state index contributed by atoms with van der Waals surface area (Å²) in [5.74, 6) is 1.97. The molecule has 24 heavy (non-hydrogen) atoms. The maximum atomic E-state index is 12.1. The number of nitrogens with zero attached hydrogens (tertiary/aromatic N) is 2. The first-order chi connectivity index (χ1) is 11.0. The van der Waals surface area contributed by atoms with E-state index in [4.69, 9.17) is 10.3 Å². The van der Waals surface area contributed by atoms with Crippen molar-refractivity contribution >= 4 is 41.8 Å². The van der Waals surface area contributed by atoms with Crippen molar-refractivity contribution in [1.29, 1.82) is 0 Å². The minimum absolute atomic E-state index is 0. The molecule has 1 aliphatic rings. The molecule has 7 nitrogen and oxygen atoms in total. The van der Waals surface area contributed by atoms with E-state index in [-0.39, 0.29) is 36.0 Å². The molecule has 2 rings (SSSR count). The molecule has 9 heteroatoms. The predicted octanol–water partition coefficient (Wildman–Crippen LogP) is 1.66. The highest BCUT2D eigenvalue weighted by Gasteiger charge is 2.24. The Balaban J connectivity index is 0.00000288. The lowest BCUT2D eigenvalue weighted by Crippen LogP contribution is -2.43. The Kier molecular flexibility index (Phi) is 8.58. The largest absolute Gasteiger partial charge is 0.360 e. The smallest absolute Gasteiger partial charge is 0.235 e. The Morgan fingerprint density at radius 3 is 2.67 bits per heavy atom. The molecular weight excluding hydrogens is 352 g/mol. The number of anilines is 1. The number of hydrogen-bond donors (Lipinski definition) is 2. The summed E-state index contributed by atoms with van der Waals surface area (Å²) in [5.41, 5.74) is 5.90. The van der Waals surface area contributed by atoms with Gasteiger partial charge in [-0.1, -0.05) is 5.16 Å². The van der Waals surface area contributed by atoms with Crippen LogP contribution in [0.4, 0.5) is 5.82 Å². The Morgan fingerprint density at radius 1 is 1.46 bits per heavy atom. The number of nitrogens with one attached hydrogen (secondary N) is 1. The van der Waals surface area contributed by atoms with Crippen molar-refractivity contribution < 1.29 is 14.1 Å². The minimum Gasteiger partial charge on any atom is -0.360 e. The third-order valence-electron chi connectivity index (χ3n) is 3.99. The summed E-state index contributed by atoms with van der Waals surface area (Å²) >= 11 is 1.31. The number of thioether (sulfide) groups is 1. The van der Waals surface area contributed by atoms with E-state index in [0.717, 1.165) is 25.9 Å². The monoisotopic (exact) mass is 376 g/mol. The standard InChI is InChI=1S/C15H24N4O3S.ClH/c1-10-7-13(18-22-10)17-14(20)8-23-9-15(21)19-5-3-12(4-6-19)11(2)16;/h7,11-12H,3-6,8-9,16H2,1-2H3,(H,17,18,20);1H. The van der Waals surface area contributed by atoms with Gasteiger partial charge in [0.05, 0.1) is 11.5 Å². The number of hydrogen-bond acceptors (Lipinski definition) is 6. The summed E-state index contributed by atoms with van der Waals surface area (Å²) in [6.07, 6.45) is 1.92. The average molecular weight is 377 g/mol. The number of amides is 2. The fourth-order valence-corrected chi connectivity index (χ4v) is 3.32. The van der Waals surface area contributed by atoms with Crippen LogP contribution in [0.5, 0.6) is 0 Å². The van der Waals surface area contributed by atoms with E-state index in [0.29, 0.717) is 23.2 Å². The van der Waals surface area contributed by atoms with Crippen molar-refractivity contribution in [3.63, 3.8) is 0 Å². The van der Waals surface area contributed by atoms with Crippen LogP contribution in [-0.2, 0) is 9.59 Å². The summed E-state index contributed by atoms with van der Waals surface area (Å²) in [6, 6.07) is 1.83. The van der Waals surface area contributed by atoms with Gasteiger partial charge in [0, 0.05) is 25.2 Å². The number of carbonyl (C=O) groups is 2. The van der Waals surface area contributed by atoms with Gasteiger partial charge in [0.25, 0.3) is 0 Å². The second-order valence-electron chi connectivity index (χ2n) is 5.94. The van der Waals surface area contributed by atoms with Crippen molar-refractivity contribution in [3.05, 3.63) is 11.8 Å². The molecule has 3 N–H and O–H groups in total. The molecule has 1 aromatic rings. The Morgan fingerprint density at radius 2 is 2.12 bits per heavy atom. The lowest BCUT2D eigenvalue weighted by atomic mass is 9.91. The topological polar surface area (TPSA) is 101 Å². The van der Waals surface area contributed by atoms with Crippen LogP contribution < -0.4 is 11.1 Å². The summed E-state index contributed by atoms with van der Waals surface area (Å²) < 4.78 is 4.87. The van der Waals surface area contributed by atoms with Crippen molar-refractivity contribution in [2.75, 3.05) is 29.9 Å². The second kappa shape index (κ2) is 9.90. The van der Waals surface area contributed by atoms with Gasteiger partial charge in [0.1, 0.15) is 5.76 Å². The predicted molar refractivity (Wildman–Crippen MR) is 97.4 cm³/mol. The molecular formula is C15H25ClN4O3S. The average Bonchev–Trinajstić information content (AvgIpc) is 2.92. The Hall–Kier alpha value is -1.25. The number of aryl methyl sites for hydroxylation is 1.